The molecule has 0 saturated heterocycles. The minimum Gasteiger partial charge on any atom is -0.323 e. The Labute approximate surface area is 128 Å². The number of nitriles is 2. The van der Waals surface area contributed by atoms with Crippen LogP contribution < -0.4 is 5.32 Å². The van der Waals surface area contributed by atoms with E-state index in [-0.39, 0.29) is 23.8 Å². The molecule has 0 aliphatic heterocycles. The van der Waals surface area contributed by atoms with Gasteiger partial charge >= 0.3 is 0 Å². The van der Waals surface area contributed by atoms with Crippen LogP contribution >= 0.6 is 11.7 Å². The molecule has 22 heavy (non-hydrogen) atoms. The van der Waals surface area contributed by atoms with Gasteiger partial charge in [0.15, 0.2) is 11.4 Å². The van der Waals surface area contributed by atoms with Crippen LogP contribution in [0.5, 0.6) is 0 Å². The summed E-state index contributed by atoms with van der Waals surface area (Å²) in [6.45, 7) is -0.120. The van der Waals surface area contributed by atoms with Crippen LogP contribution in [0.15, 0.2) is 24.5 Å². The molecule has 0 atom stereocenters. The van der Waals surface area contributed by atoms with Gasteiger partial charge in [0.1, 0.15) is 29.7 Å². The van der Waals surface area contributed by atoms with E-state index in [4.69, 9.17) is 10.5 Å². The number of aromatic nitrogens is 4. The Balaban J connectivity index is 1.82. The van der Waals surface area contributed by atoms with Crippen LogP contribution in [0.3, 0.4) is 0 Å². The lowest BCUT2D eigenvalue weighted by Gasteiger charge is -2.06. The quantitative estimate of drug-likeness (QED) is 0.777. The third-order valence-corrected chi connectivity index (χ3v) is 3.47. The van der Waals surface area contributed by atoms with E-state index in [2.05, 4.69) is 19.0 Å². The van der Waals surface area contributed by atoms with Crippen LogP contribution in [0.25, 0.3) is 11.0 Å². The molecule has 8 nitrogen and oxygen atoms in total. The zero-order valence-corrected chi connectivity index (χ0v) is 11.8. The Morgan fingerprint density at radius 2 is 2.18 bits per heavy atom. The number of hydrogen-bond acceptors (Lipinski definition) is 7. The molecule has 0 bridgehead atoms. The van der Waals surface area contributed by atoms with Gasteiger partial charge in [0.2, 0.25) is 5.91 Å². The molecule has 106 valence electrons. The largest absolute Gasteiger partial charge is 0.323 e. The van der Waals surface area contributed by atoms with Crippen molar-refractivity contribution < 1.29 is 4.79 Å². The monoisotopic (exact) mass is 309 g/mol. The lowest BCUT2D eigenvalue weighted by Crippen LogP contribution is -2.19. The van der Waals surface area contributed by atoms with Crippen LogP contribution in [-0.4, -0.2) is 24.2 Å². The predicted octanol–water partition coefficient (Wildman–Crippen LogP) is 1.27. The van der Waals surface area contributed by atoms with Crippen LogP contribution in [0.2, 0.25) is 0 Å². The fourth-order valence-corrected chi connectivity index (χ4v) is 2.50. The van der Waals surface area contributed by atoms with E-state index in [1.807, 2.05) is 12.1 Å². The van der Waals surface area contributed by atoms with E-state index in [0.29, 0.717) is 16.7 Å². The number of hydrogen-bond donors (Lipinski definition) is 1. The summed E-state index contributed by atoms with van der Waals surface area (Å²) in [6, 6.07) is 8.97. The maximum atomic E-state index is 12.1. The summed E-state index contributed by atoms with van der Waals surface area (Å²) in [5.74, 6) is -0.348. The molecule has 0 spiro atoms. The second-order valence-corrected chi connectivity index (χ2v) is 4.81. The number of nitrogens with zero attached hydrogens (tertiary/aromatic N) is 6. The molecule has 0 unspecified atom stereocenters. The minimum atomic E-state index is -0.348. The van der Waals surface area contributed by atoms with Crippen LogP contribution in [-0.2, 0) is 11.3 Å². The molecular formula is C13H7N7OS. The first-order chi connectivity index (χ1) is 10.7. The predicted molar refractivity (Wildman–Crippen MR) is 77.7 cm³/mol. The van der Waals surface area contributed by atoms with E-state index in [9.17, 15) is 4.79 Å². The van der Waals surface area contributed by atoms with E-state index < -0.39 is 0 Å². The van der Waals surface area contributed by atoms with Gasteiger partial charge < -0.3 is 9.88 Å². The van der Waals surface area contributed by atoms with Crippen molar-refractivity contribution in [1.29, 1.82) is 10.5 Å². The molecule has 0 saturated carbocycles. The Kier molecular flexibility index (Phi) is 3.48. The van der Waals surface area contributed by atoms with Gasteiger partial charge in [-0.3, -0.25) is 4.79 Å². The van der Waals surface area contributed by atoms with Gasteiger partial charge in [0.05, 0.1) is 23.7 Å². The summed E-state index contributed by atoms with van der Waals surface area (Å²) in [7, 11) is 0. The Hall–Kier alpha value is -3.30. The van der Waals surface area contributed by atoms with Crippen molar-refractivity contribution in [3.05, 3.63) is 35.9 Å². The van der Waals surface area contributed by atoms with E-state index >= 15 is 0 Å². The molecule has 1 aromatic carbocycles. The molecule has 3 rings (SSSR count). The maximum absolute atomic E-state index is 12.1. The highest BCUT2D eigenvalue weighted by Gasteiger charge is 2.14. The van der Waals surface area contributed by atoms with Crippen molar-refractivity contribution in [2.75, 3.05) is 5.32 Å². The number of anilines is 1. The molecule has 0 fully saturated rings. The number of imidazole rings is 1. The highest BCUT2D eigenvalue weighted by Crippen LogP contribution is 2.21. The number of fused-ring (bicyclic) bond motifs is 1. The van der Waals surface area contributed by atoms with Crippen molar-refractivity contribution in [3.63, 3.8) is 0 Å². The fraction of sp³-hybridized carbons (Fsp3) is 0.0769. The molecule has 1 amide bonds. The number of amides is 1. The number of carbonyl (C=O) groups is 1. The number of carbonyl (C=O) groups excluding carboxylic acids is 1. The summed E-state index contributed by atoms with van der Waals surface area (Å²) >= 11 is 1.06. The Morgan fingerprint density at radius 1 is 1.32 bits per heavy atom. The summed E-state index contributed by atoms with van der Waals surface area (Å²) in [6.07, 6.45) is 1.29. The van der Waals surface area contributed by atoms with Gasteiger partial charge in [0, 0.05) is 0 Å². The van der Waals surface area contributed by atoms with Crippen LogP contribution in [0.1, 0.15) is 11.4 Å². The number of nitrogens with one attached hydrogen (secondary N) is 1. The van der Waals surface area contributed by atoms with Gasteiger partial charge in [-0.15, -0.1) is 0 Å². The zero-order valence-electron chi connectivity index (χ0n) is 11.0. The molecule has 2 aromatic heterocycles. The fourth-order valence-electron chi connectivity index (χ4n) is 1.95. The molecule has 2 heterocycles. The van der Waals surface area contributed by atoms with Gasteiger partial charge in [-0.2, -0.15) is 19.3 Å². The van der Waals surface area contributed by atoms with Gasteiger partial charge in [-0.25, -0.2) is 4.98 Å². The summed E-state index contributed by atoms with van der Waals surface area (Å²) < 4.78 is 9.56. The second kappa shape index (κ2) is 5.60. The summed E-state index contributed by atoms with van der Waals surface area (Å²) in [5, 5.41) is 20.6. The molecule has 1 N–H and O–H groups in total. The van der Waals surface area contributed by atoms with Crippen LogP contribution in [0, 0.1) is 22.7 Å². The average Bonchev–Trinajstić information content (AvgIpc) is 3.13. The van der Waals surface area contributed by atoms with Crippen molar-refractivity contribution in [2.24, 2.45) is 0 Å². The lowest BCUT2D eigenvalue weighted by atomic mass is 10.2. The van der Waals surface area contributed by atoms with E-state index in [1.54, 1.807) is 18.2 Å². The highest BCUT2D eigenvalue weighted by atomic mass is 32.1. The Bertz CT molecular complexity index is 943. The molecule has 0 aliphatic rings. The Morgan fingerprint density at radius 3 is 2.95 bits per heavy atom. The van der Waals surface area contributed by atoms with Crippen LogP contribution in [0.4, 0.5) is 5.69 Å². The van der Waals surface area contributed by atoms with Crippen molar-refractivity contribution in [3.8, 4) is 12.1 Å². The third kappa shape index (κ3) is 2.37. The molecule has 0 aliphatic carbocycles. The molecule has 3 aromatic rings. The third-order valence-electron chi connectivity index (χ3n) is 2.92. The van der Waals surface area contributed by atoms with Crippen molar-refractivity contribution >= 4 is 34.4 Å². The van der Waals surface area contributed by atoms with Gasteiger partial charge in [-0.1, -0.05) is 6.07 Å². The molecular weight excluding hydrogens is 302 g/mol. The summed E-state index contributed by atoms with van der Waals surface area (Å²) in [5.41, 5.74) is 1.93. The smallest absolute Gasteiger partial charge is 0.244 e. The standard InChI is InChI=1S/C13H7N7OS/c14-4-10-11(5-15)20(7-16-10)6-12(21)17-8-2-1-3-9-13(8)19-22-18-9/h1-3,7H,6H2,(H,17,21). The first-order valence-electron chi connectivity index (χ1n) is 6.09. The SMILES string of the molecule is N#Cc1ncn(CC(=O)Nc2cccc3nsnc23)c1C#N. The zero-order chi connectivity index (χ0) is 15.5. The number of benzene rings is 1. The molecule has 9 heteroatoms. The van der Waals surface area contributed by atoms with E-state index in [1.165, 1.54) is 10.9 Å². The summed E-state index contributed by atoms with van der Waals surface area (Å²) in [4.78, 5) is 15.9. The first-order valence-corrected chi connectivity index (χ1v) is 6.82. The normalized spacial score (nSPS) is 10.1. The highest BCUT2D eigenvalue weighted by molar-refractivity contribution is 7.00. The average molecular weight is 309 g/mol. The van der Waals surface area contributed by atoms with Gasteiger partial charge in [0.25, 0.3) is 0 Å². The van der Waals surface area contributed by atoms with Gasteiger partial charge in [-0.05, 0) is 12.1 Å². The lowest BCUT2D eigenvalue weighted by molar-refractivity contribution is -0.116. The van der Waals surface area contributed by atoms with Crippen molar-refractivity contribution in [2.45, 2.75) is 6.54 Å². The topological polar surface area (TPSA) is 120 Å². The van der Waals surface area contributed by atoms with Crippen molar-refractivity contribution in [1.82, 2.24) is 18.3 Å². The molecule has 0 radical (unpaired) electrons. The minimum absolute atomic E-state index is 0.00102. The first kappa shape index (κ1) is 13.7. The second-order valence-electron chi connectivity index (χ2n) is 4.28. The maximum Gasteiger partial charge on any atom is 0.244 e. The van der Waals surface area contributed by atoms with E-state index in [0.717, 1.165) is 11.7 Å². The number of rotatable bonds is 3.